The average Bonchev–Trinajstić information content (AvgIpc) is 2.73. The van der Waals surface area contributed by atoms with Crippen LogP contribution in [0.2, 0.25) is 0 Å². The number of aromatic nitrogens is 1. The van der Waals surface area contributed by atoms with Crippen molar-refractivity contribution >= 4 is 23.3 Å². The van der Waals surface area contributed by atoms with Crippen molar-refractivity contribution < 1.29 is 19.8 Å². The number of carbonyl (C=O) groups is 2. The van der Waals surface area contributed by atoms with E-state index in [1.165, 1.54) is 11.3 Å². The largest absolute Gasteiger partial charge is 0.481 e. The van der Waals surface area contributed by atoms with Gasteiger partial charge in [0.1, 0.15) is 12.0 Å². The van der Waals surface area contributed by atoms with Crippen LogP contribution >= 0.6 is 11.3 Å². The first-order chi connectivity index (χ1) is 9.31. The van der Waals surface area contributed by atoms with Crippen LogP contribution in [0, 0.1) is 12.8 Å². The molecule has 0 aliphatic carbocycles. The van der Waals surface area contributed by atoms with Crippen molar-refractivity contribution in [2.45, 2.75) is 39.2 Å². The van der Waals surface area contributed by atoms with Crippen molar-refractivity contribution in [3.05, 3.63) is 16.1 Å². The second-order valence-electron chi connectivity index (χ2n) is 5.11. The molecule has 0 radical (unpaired) electrons. The van der Waals surface area contributed by atoms with Crippen LogP contribution in [-0.4, -0.2) is 39.7 Å². The Morgan fingerprint density at radius 2 is 2.00 bits per heavy atom. The van der Waals surface area contributed by atoms with Gasteiger partial charge in [-0.1, -0.05) is 13.8 Å². The third kappa shape index (κ3) is 4.90. The van der Waals surface area contributed by atoms with Crippen LogP contribution in [0.5, 0.6) is 0 Å². The first kappa shape index (κ1) is 16.6. The molecule has 0 spiro atoms. The van der Waals surface area contributed by atoms with E-state index in [1.54, 1.807) is 12.3 Å². The van der Waals surface area contributed by atoms with E-state index in [-0.39, 0.29) is 12.5 Å². The first-order valence-electron chi connectivity index (χ1n) is 6.42. The lowest BCUT2D eigenvalue weighted by atomic mass is 10.0. The zero-order chi connectivity index (χ0) is 15.3. The molecule has 1 aromatic heterocycles. The minimum atomic E-state index is -1.00. The van der Waals surface area contributed by atoms with Crippen molar-refractivity contribution in [2.75, 3.05) is 6.54 Å². The Morgan fingerprint density at radius 1 is 1.35 bits per heavy atom. The van der Waals surface area contributed by atoms with E-state index in [9.17, 15) is 14.7 Å². The highest BCUT2D eigenvalue weighted by atomic mass is 32.1. The van der Waals surface area contributed by atoms with Crippen LogP contribution < -0.4 is 5.32 Å². The highest BCUT2D eigenvalue weighted by Gasteiger charge is 2.26. The lowest BCUT2D eigenvalue weighted by molar-refractivity contribution is -0.142. The summed E-state index contributed by atoms with van der Waals surface area (Å²) in [5.41, 5.74) is 0.473. The Bertz CT molecular complexity index is 473. The summed E-state index contributed by atoms with van der Waals surface area (Å²) in [5.74, 6) is -2.57. The Hall–Kier alpha value is -1.47. The number of aliphatic carboxylic acids is 2. The Balaban J connectivity index is 2.71. The van der Waals surface area contributed by atoms with Crippen molar-refractivity contribution in [3.63, 3.8) is 0 Å². The third-order valence-electron chi connectivity index (χ3n) is 2.87. The molecule has 0 fully saturated rings. The maximum Gasteiger partial charge on any atom is 0.320 e. The number of carboxylic acid groups (broad SMARTS) is 2. The van der Waals surface area contributed by atoms with E-state index in [1.807, 2.05) is 13.8 Å². The number of thiazole rings is 1. The third-order valence-corrected chi connectivity index (χ3v) is 3.66. The van der Waals surface area contributed by atoms with E-state index >= 15 is 0 Å². The maximum atomic E-state index is 11.3. The monoisotopic (exact) mass is 300 g/mol. The summed E-state index contributed by atoms with van der Waals surface area (Å²) in [6, 6.07) is -0.739. The summed E-state index contributed by atoms with van der Waals surface area (Å²) in [4.78, 5) is 26.6. The fraction of sp³-hybridized carbons (Fsp3) is 0.615. The topological polar surface area (TPSA) is 99.5 Å². The first-order valence-corrected chi connectivity index (χ1v) is 7.30. The summed E-state index contributed by atoms with van der Waals surface area (Å²) in [6.45, 7) is 5.72. The minimum Gasteiger partial charge on any atom is -0.481 e. The SMILES string of the molecule is Cc1nc(C(CNC(CC(C)C)C(=O)O)C(=O)O)cs1. The van der Waals surface area contributed by atoms with Crippen molar-refractivity contribution in [1.82, 2.24) is 10.3 Å². The number of nitrogens with zero attached hydrogens (tertiary/aromatic N) is 1. The van der Waals surface area contributed by atoms with Crippen LogP contribution in [0.15, 0.2) is 5.38 Å². The van der Waals surface area contributed by atoms with Crippen molar-refractivity contribution in [2.24, 2.45) is 5.92 Å². The van der Waals surface area contributed by atoms with Gasteiger partial charge in [0, 0.05) is 11.9 Å². The Labute approximate surface area is 121 Å². The molecular formula is C13H20N2O4S. The van der Waals surface area contributed by atoms with Gasteiger partial charge in [0.15, 0.2) is 0 Å². The smallest absolute Gasteiger partial charge is 0.320 e. The lowest BCUT2D eigenvalue weighted by Crippen LogP contribution is -2.41. The van der Waals surface area contributed by atoms with E-state index < -0.39 is 23.9 Å². The molecule has 6 nitrogen and oxygen atoms in total. The van der Waals surface area contributed by atoms with Gasteiger partial charge in [-0.15, -0.1) is 11.3 Å². The minimum absolute atomic E-state index is 0.0577. The van der Waals surface area contributed by atoms with Gasteiger partial charge in [0.05, 0.1) is 10.7 Å². The Kier molecular flexibility index (Phi) is 6.09. The summed E-state index contributed by atoms with van der Waals surface area (Å²) in [6.07, 6.45) is 0.456. The predicted molar refractivity (Wildman–Crippen MR) is 76.1 cm³/mol. The number of rotatable bonds is 8. The van der Waals surface area contributed by atoms with E-state index in [0.29, 0.717) is 12.1 Å². The molecule has 0 saturated heterocycles. The molecule has 2 atom stereocenters. The molecule has 2 unspecified atom stereocenters. The van der Waals surface area contributed by atoms with E-state index in [4.69, 9.17) is 5.11 Å². The second-order valence-corrected chi connectivity index (χ2v) is 6.17. The molecule has 0 bridgehead atoms. The molecular weight excluding hydrogens is 280 g/mol. The highest BCUT2D eigenvalue weighted by Crippen LogP contribution is 2.18. The molecule has 3 N–H and O–H groups in total. The van der Waals surface area contributed by atoms with Crippen molar-refractivity contribution in [3.8, 4) is 0 Å². The van der Waals surface area contributed by atoms with Gasteiger partial charge in [-0.3, -0.25) is 9.59 Å². The molecule has 0 aliphatic heterocycles. The number of nitrogens with one attached hydrogen (secondary N) is 1. The molecule has 1 heterocycles. The average molecular weight is 300 g/mol. The molecule has 112 valence electrons. The van der Waals surface area contributed by atoms with Crippen LogP contribution in [-0.2, 0) is 9.59 Å². The lowest BCUT2D eigenvalue weighted by Gasteiger charge is -2.18. The normalized spacial score (nSPS) is 14.2. The molecule has 7 heteroatoms. The quantitative estimate of drug-likeness (QED) is 0.676. The Morgan fingerprint density at radius 3 is 2.40 bits per heavy atom. The van der Waals surface area contributed by atoms with Crippen LogP contribution in [0.25, 0.3) is 0 Å². The maximum absolute atomic E-state index is 11.3. The molecule has 20 heavy (non-hydrogen) atoms. The molecule has 1 rings (SSSR count). The van der Waals surface area contributed by atoms with Crippen LogP contribution in [0.4, 0.5) is 0 Å². The van der Waals surface area contributed by atoms with Gasteiger partial charge >= 0.3 is 11.9 Å². The standard InChI is InChI=1S/C13H20N2O4S/c1-7(2)4-10(13(18)19)14-5-9(12(16)17)11-6-20-8(3)15-11/h6-7,9-10,14H,4-5H2,1-3H3,(H,16,17)(H,18,19). The van der Waals surface area contributed by atoms with Gasteiger partial charge in [-0.25, -0.2) is 4.98 Å². The molecule has 0 aliphatic rings. The van der Waals surface area contributed by atoms with Crippen LogP contribution in [0.1, 0.15) is 36.9 Å². The molecule has 0 saturated carbocycles. The van der Waals surface area contributed by atoms with Gasteiger partial charge in [-0.2, -0.15) is 0 Å². The molecule has 0 amide bonds. The van der Waals surface area contributed by atoms with Crippen molar-refractivity contribution in [1.29, 1.82) is 0 Å². The zero-order valence-corrected chi connectivity index (χ0v) is 12.6. The number of aryl methyl sites for hydroxylation is 1. The number of hydrogen-bond donors (Lipinski definition) is 3. The molecule has 1 aromatic rings. The van der Waals surface area contributed by atoms with E-state index in [2.05, 4.69) is 10.3 Å². The van der Waals surface area contributed by atoms with E-state index in [0.717, 1.165) is 5.01 Å². The fourth-order valence-electron chi connectivity index (χ4n) is 1.86. The van der Waals surface area contributed by atoms with Crippen LogP contribution in [0.3, 0.4) is 0 Å². The molecule has 0 aromatic carbocycles. The van der Waals surface area contributed by atoms with Gasteiger partial charge in [0.2, 0.25) is 0 Å². The fourth-order valence-corrected chi connectivity index (χ4v) is 2.53. The second kappa shape index (κ2) is 7.35. The highest BCUT2D eigenvalue weighted by molar-refractivity contribution is 7.09. The van der Waals surface area contributed by atoms with Gasteiger partial charge in [-0.05, 0) is 19.3 Å². The summed E-state index contributed by atoms with van der Waals surface area (Å²) >= 11 is 1.38. The number of hydrogen-bond acceptors (Lipinski definition) is 5. The predicted octanol–water partition coefficient (Wildman–Crippen LogP) is 1.71. The van der Waals surface area contributed by atoms with Gasteiger partial charge in [0.25, 0.3) is 0 Å². The summed E-state index contributed by atoms with van der Waals surface area (Å²) < 4.78 is 0. The van der Waals surface area contributed by atoms with Gasteiger partial charge < -0.3 is 15.5 Å². The summed E-state index contributed by atoms with van der Waals surface area (Å²) in [7, 11) is 0. The number of carboxylic acids is 2. The zero-order valence-electron chi connectivity index (χ0n) is 11.8. The summed E-state index contributed by atoms with van der Waals surface area (Å²) in [5, 5.41) is 23.7.